The molecule has 2 rings (SSSR count). The van der Waals surface area contributed by atoms with Crippen molar-refractivity contribution in [3.63, 3.8) is 0 Å². The Labute approximate surface area is 110 Å². The van der Waals surface area contributed by atoms with E-state index in [0.29, 0.717) is 10.6 Å². The number of benzene rings is 2. The van der Waals surface area contributed by atoms with Gasteiger partial charge in [-0.1, -0.05) is 17.7 Å². The summed E-state index contributed by atoms with van der Waals surface area (Å²) in [5.41, 5.74) is 3.79. The van der Waals surface area contributed by atoms with Crippen LogP contribution in [0.1, 0.15) is 21.5 Å². The van der Waals surface area contributed by atoms with Crippen LogP contribution in [-0.2, 0) is 0 Å². The molecule has 2 aromatic carbocycles. The number of carbonyl (C=O) groups is 1. The van der Waals surface area contributed by atoms with Crippen molar-refractivity contribution in [1.29, 1.82) is 0 Å². The van der Waals surface area contributed by atoms with Crippen molar-refractivity contribution in [1.82, 2.24) is 0 Å². The molecule has 0 aromatic heterocycles. The monoisotopic (exact) mass is 262 g/mol. The number of hydrogen-bond acceptors (Lipinski definition) is 1. The van der Waals surface area contributed by atoms with Crippen LogP contribution in [0.3, 0.4) is 0 Å². The molecule has 92 valence electrons. The lowest BCUT2D eigenvalue weighted by atomic mass is 9.92. The third-order valence-corrected chi connectivity index (χ3v) is 3.14. The molecule has 3 heteroatoms. The van der Waals surface area contributed by atoms with Gasteiger partial charge < -0.3 is 0 Å². The molecule has 0 amide bonds. The second-order valence-electron chi connectivity index (χ2n) is 4.26. The van der Waals surface area contributed by atoms with Gasteiger partial charge in [0.1, 0.15) is 5.82 Å². The first-order chi connectivity index (χ1) is 8.52. The molecule has 0 aliphatic carbocycles. The first-order valence-corrected chi connectivity index (χ1v) is 5.92. The normalized spacial score (nSPS) is 10.4. The van der Waals surface area contributed by atoms with Gasteiger partial charge in [0.2, 0.25) is 0 Å². The Balaban J connectivity index is 2.73. The molecule has 0 bridgehead atoms. The molecule has 2 aromatic rings. The van der Waals surface area contributed by atoms with Crippen molar-refractivity contribution in [2.45, 2.75) is 13.8 Å². The van der Waals surface area contributed by atoms with E-state index < -0.39 is 0 Å². The highest BCUT2D eigenvalue weighted by Crippen LogP contribution is 2.31. The number of hydrogen-bond donors (Lipinski definition) is 0. The number of aldehydes is 1. The fourth-order valence-electron chi connectivity index (χ4n) is 2.19. The second-order valence-corrected chi connectivity index (χ2v) is 4.70. The van der Waals surface area contributed by atoms with Gasteiger partial charge in [0.05, 0.1) is 0 Å². The molecular formula is C15H12ClFO. The number of halogens is 2. The maximum Gasteiger partial charge on any atom is 0.150 e. The Morgan fingerprint density at radius 2 is 1.72 bits per heavy atom. The molecular weight excluding hydrogens is 251 g/mol. The smallest absolute Gasteiger partial charge is 0.150 e. The minimum Gasteiger partial charge on any atom is -0.298 e. The molecule has 0 saturated carbocycles. The molecule has 0 aliphatic heterocycles. The summed E-state index contributed by atoms with van der Waals surface area (Å²) >= 11 is 5.87. The molecule has 1 nitrogen and oxygen atoms in total. The summed E-state index contributed by atoms with van der Waals surface area (Å²) < 4.78 is 13.3. The first kappa shape index (κ1) is 12.8. The van der Waals surface area contributed by atoms with Crippen LogP contribution in [0.4, 0.5) is 4.39 Å². The molecule has 18 heavy (non-hydrogen) atoms. The fraction of sp³-hybridized carbons (Fsp3) is 0.133. The summed E-state index contributed by atoms with van der Waals surface area (Å²) in [6.45, 7) is 3.66. The van der Waals surface area contributed by atoms with Crippen molar-refractivity contribution < 1.29 is 9.18 Å². The van der Waals surface area contributed by atoms with Crippen molar-refractivity contribution >= 4 is 17.9 Å². The summed E-state index contributed by atoms with van der Waals surface area (Å²) in [4.78, 5) is 11.1. The van der Waals surface area contributed by atoms with Crippen LogP contribution in [0.2, 0.25) is 5.02 Å². The van der Waals surface area contributed by atoms with E-state index in [4.69, 9.17) is 11.6 Å². The predicted molar refractivity (Wildman–Crippen MR) is 71.7 cm³/mol. The van der Waals surface area contributed by atoms with E-state index in [0.717, 1.165) is 28.5 Å². The van der Waals surface area contributed by atoms with Crippen molar-refractivity contribution in [3.05, 3.63) is 57.9 Å². The molecule has 0 aliphatic rings. The van der Waals surface area contributed by atoms with E-state index in [1.165, 1.54) is 12.1 Å². The van der Waals surface area contributed by atoms with Crippen LogP contribution in [0.15, 0.2) is 30.3 Å². The van der Waals surface area contributed by atoms with Gasteiger partial charge in [-0.15, -0.1) is 0 Å². The van der Waals surface area contributed by atoms with Crippen LogP contribution in [0, 0.1) is 19.7 Å². The van der Waals surface area contributed by atoms with Gasteiger partial charge >= 0.3 is 0 Å². The number of carbonyl (C=O) groups excluding carboxylic acids is 1. The first-order valence-electron chi connectivity index (χ1n) is 5.55. The Kier molecular flexibility index (Phi) is 3.48. The van der Waals surface area contributed by atoms with Gasteiger partial charge in [-0.05, 0) is 60.4 Å². The SMILES string of the molecule is Cc1cc(F)cc(C)c1-c1ccc(Cl)cc1C=O. The second kappa shape index (κ2) is 4.91. The van der Waals surface area contributed by atoms with Crippen molar-refractivity contribution in [2.75, 3.05) is 0 Å². The minimum atomic E-state index is -0.268. The summed E-state index contributed by atoms with van der Waals surface area (Å²) in [6, 6.07) is 8.06. The zero-order valence-corrected chi connectivity index (χ0v) is 10.9. The van der Waals surface area contributed by atoms with E-state index in [9.17, 15) is 9.18 Å². The molecule has 0 saturated heterocycles. The fourth-order valence-corrected chi connectivity index (χ4v) is 2.37. The molecule has 0 atom stereocenters. The van der Waals surface area contributed by atoms with Gasteiger partial charge in [-0.2, -0.15) is 0 Å². The third-order valence-electron chi connectivity index (χ3n) is 2.91. The molecule has 0 radical (unpaired) electrons. The van der Waals surface area contributed by atoms with E-state index in [1.54, 1.807) is 18.2 Å². The maximum absolute atomic E-state index is 13.3. The Morgan fingerprint density at radius 1 is 1.11 bits per heavy atom. The van der Waals surface area contributed by atoms with Crippen LogP contribution < -0.4 is 0 Å². The van der Waals surface area contributed by atoms with Gasteiger partial charge in [0.25, 0.3) is 0 Å². The summed E-state index contributed by atoms with van der Waals surface area (Å²) in [5, 5.41) is 0.512. The highest BCUT2D eigenvalue weighted by Gasteiger charge is 2.11. The number of aryl methyl sites for hydroxylation is 2. The lowest BCUT2D eigenvalue weighted by Crippen LogP contribution is -1.94. The quantitative estimate of drug-likeness (QED) is 0.724. The van der Waals surface area contributed by atoms with Crippen molar-refractivity contribution in [3.8, 4) is 11.1 Å². The standard InChI is InChI=1S/C15H12ClFO/c1-9-5-13(17)6-10(2)15(9)14-4-3-12(16)7-11(14)8-18/h3-8H,1-2H3. The zero-order chi connectivity index (χ0) is 13.3. The van der Waals surface area contributed by atoms with Crippen LogP contribution in [-0.4, -0.2) is 6.29 Å². The van der Waals surface area contributed by atoms with Crippen LogP contribution in [0.25, 0.3) is 11.1 Å². The Bertz CT molecular complexity index is 597. The highest BCUT2D eigenvalue weighted by molar-refractivity contribution is 6.31. The van der Waals surface area contributed by atoms with Gasteiger partial charge in [0, 0.05) is 10.6 Å². The molecule has 0 N–H and O–H groups in total. The van der Waals surface area contributed by atoms with Crippen LogP contribution in [0.5, 0.6) is 0 Å². The zero-order valence-electron chi connectivity index (χ0n) is 10.1. The third kappa shape index (κ3) is 2.29. The minimum absolute atomic E-state index is 0.268. The lowest BCUT2D eigenvalue weighted by molar-refractivity contribution is 0.112. The maximum atomic E-state index is 13.3. The average molecular weight is 263 g/mol. The summed E-state index contributed by atoms with van der Waals surface area (Å²) in [5.74, 6) is -0.268. The van der Waals surface area contributed by atoms with Gasteiger partial charge in [0.15, 0.2) is 6.29 Å². The molecule has 0 fully saturated rings. The van der Waals surface area contributed by atoms with E-state index in [-0.39, 0.29) is 5.82 Å². The lowest BCUT2D eigenvalue weighted by Gasteiger charge is -2.12. The Morgan fingerprint density at radius 3 is 2.28 bits per heavy atom. The Hall–Kier alpha value is -1.67. The predicted octanol–water partition coefficient (Wildman–Crippen LogP) is 4.58. The van der Waals surface area contributed by atoms with Crippen molar-refractivity contribution in [2.24, 2.45) is 0 Å². The van der Waals surface area contributed by atoms with Gasteiger partial charge in [-0.25, -0.2) is 4.39 Å². The van der Waals surface area contributed by atoms with E-state index in [2.05, 4.69) is 0 Å². The highest BCUT2D eigenvalue weighted by atomic mass is 35.5. The number of rotatable bonds is 2. The van der Waals surface area contributed by atoms with E-state index in [1.807, 2.05) is 13.8 Å². The molecule has 0 unspecified atom stereocenters. The van der Waals surface area contributed by atoms with Crippen LogP contribution >= 0.6 is 11.6 Å². The molecule has 0 spiro atoms. The molecule has 0 heterocycles. The topological polar surface area (TPSA) is 17.1 Å². The largest absolute Gasteiger partial charge is 0.298 e. The average Bonchev–Trinajstić information content (AvgIpc) is 2.29. The summed E-state index contributed by atoms with van der Waals surface area (Å²) in [7, 11) is 0. The van der Waals surface area contributed by atoms with Gasteiger partial charge in [-0.3, -0.25) is 4.79 Å². The summed E-state index contributed by atoms with van der Waals surface area (Å²) in [6.07, 6.45) is 0.767. The van der Waals surface area contributed by atoms with E-state index >= 15 is 0 Å².